The fourth-order valence-corrected chi connectivity index (χ4v) is 0.830. The summed E-state index contributed by atoms with van der Waals surface area (Å²) in [6.45, 7) is 4.51. The van der Waals surface area contributed by atoms with Gasteiger partial charge in [0, 0.05) is 0 Å². The van der Waals surface area contributed by atoms with Crippen LogP contribution in [-0.2, 0) is 0 Å². The monoisotopic (exact) mass is 160 g/mol. The van der Waals surface area contributed by atoms with Gasteiger partial charge in [0.1, 0.15) is 0 Å². The summed E-state index contributed by atoms with van der Waals surface area (Å²) in [5.41, 5.74) is 5.32. The molecule has 0 aliphatic rings. The normalized spacial score (nSPS) is 13.4. The maximum absolute atomic E-state index is 8.90. The quantitative estimate of drug-likeness (QED) is 0.462. The lowest BCUT2D eigenvalue weighted by Crippen LogP contribution is -2.20. The van der Waals surface area contributed by atoms with Gasteiger partial charge in [0.15, 0.2) is 0 Å². The lowest BCUT2D eigenvalue weighted by Gasteiger charge is -2.05. The van der Waals surface area contributed by atoms with Crippen molar-refractivity contribution in [2.75, 3.05) is 19.6 Å². The van der Waals surface area contributed by atoms with Crippen molar-refractivity contribution in [2.45, 2.75) is 32.3 Å². The largest absolute Gasteiger partial charge is 0.393 e. The summed E-state index contributed by atoms with van der Waals surface area (Å²) in [5.74, 6) is 0. The van der Waals surface area contributed by atoms with Gasteiger partial charge < -0.3 is 16.2 Å². The van der Waals surface area contributed by atoms with E-state index in [2.05, 4.69) is 5.32 Å². The molecule has 0 saturated carbocycles. The van der Waals surface area contributed by atoms with Gasteiger partial charge in [-0.2, -0.15) is 0 Å². The molecule has 0 spiro atoms. The lowest BCUT2D eigenvalue weighted by molar-refractivity contribution is 0.184. The Kier molecular flexibility index (Phi) is 7.89. The number of nitrogens with one attached hydrogen (secondary N) is 1. The number of nitrogens with two attached hydrogens (primary N) is 1. The second kappa shape index (κ2) is 7.98. The molecule has 0 amide bonds. The van der Waals surface area contributed by atoms with Crippen molar-refractivity contribution in [1.29, 1.82) is 0 Å². The molecule has 0 aromatic rings. The van der Waals surface area contributed by atoms with E-state index >= 15 is 0 Å². The van der Waals surface area contributed by atoms with Crippen molar-refractivity contribution in [1.82, 2.24) is 5.32 Å². The highest BCUT2D eigenvalue weighted by molar-refractivity contribution is 4.52. The molecule has 1 atom stereocenters. The maximum atomic E-state index is 8.90. The molecule has 1 unspecified atom stereocenters. The van der Waals surface area contributed by atoms with E-state index in [9.17, 15) is 0 Å². The molecule has 0 aliphatic carbocycles. The van der Waals surface area contributed by atoms with E-state index in [0.29, 0.717) is 0 Å². The predicted molar refractivity (Wildman–Crippen MR) is 47.5 cm³/mol. The molecule has 3 heteroatoms. The molecule has 4 N–H and O–H groups in total. The van der Waals surface area contributed by atoms with Gasteiger partial charge in [-0.3, -0.25) is 0 Å². The van der Waals surface area contributed by atoms with Gasteiger partial charge in [0.05, 0.1) is 6.10 Å². The topological polar surface area (TPSA) is 58.3 Å². The zero-order chi connectivity index (χ0) is 8.53. The molecule has 0 heterocycles. The van der Waals surface area contributed by atoms with Crippen LogP contribution in [0.2, 0.25) is 0 Å². The molecule has 0 rings (SSSR count). The summed E-state index contributed by atoms with van der Waals surface area (Å²) in [5, 5.41) is 12.1. The van der Waals surface area contributed by atoms with Crippen molar-refractivity contribution in [3.05, 3.63) is 0 Å². The third kappa shape index (κ3) is 9.88. The van der Waals surface area contributed by atoms with Crippen LogP contribution in [0.15, 0.2) is 0 Å². The molecule has 0 aliphatic heterocycles. The lowest BCUT2D eigenvalue weighted by atomic mass is 10.2. The Bertz CT molecular complexity index is 76.5. The fraction of sp³-hybridized carbons (Fsp3) is 1.00. The SMILES string of the molecule is CC(O)CCNCCCCN. The average Bonchev–Trinajstić information content (AvgIpc) is 1.96. The van der Waals surface area contributed by atoms with Gasteiger partial charge in [-0.25, -0.2) is 0 Å². The minimum Gasteiger partial charge on any atom is -0.393 e. The van der Waals surface area contributed by atoms with Crippen molar-refractivity contribution in [2.24, 2.45) is 5.73 Å². The van der Waals surface area contributed by atoms with Gasteiger partial charge in [-0.1, -0.05) is 0 Å². The Labute approximate surface area is 69.0 Å². The van der Waals surface area contributed by atoms with E-state index in [4.69, 9.17) is 10.8 Å². The molecule has 0 aromatic heterocycles. The maximum Gasteiger partial charge on any atom is 0.0524 e. The number of hydrogen-bond donors (Lipinski definition) is 3. The highest BCUT2D eigenvalue weighted by Gasteiger charge is 1.93. The minimum atomic E-state index is -0.183. The van der Waals surface area contributed by atoms with E-state index in [0.717, 1.165) is 38.9 Å². The molecule has 0 aromatic carbocycles. The van der Waals surface area contributed by atoms with Crippen LogP contribution in [-0.4, -0.2) is 30.8 Å². The smallest absolute Gasteiger partial charge is 0.0524 e. The molecular weight excluding hydrogens is 140 g/mol. The number of aliphatic hydroxyl groups is 1. The molecular formula is C8H20N2O. The van der Waals surface area contributed by atoms with Gasteiger partial charge in [-0.15, -0.1) is 0 Å². The predicted octanol–water partition coefficient (Wildman–Crippen LogP) is 0.0858. The number of aliphatic hydroxyl groups excluding tert-OH is 1. The van der Waals surface area contributed by atoms with E-state index in [-0.39, 0.29) is 6.10 Å². The first-order chi connectivity index (χ1) is 5.27. The Morgan fingerprint density at radius 1 is 1.36 bits per heavy atom. The first kappa shape index (κ1) is 10.9. The summed E-state index contributed by atoms with van der Waals surface area (Å²) in [6, 6.07) is 0. The van der Waals surface area contributed by atoms with Gasteiger partial charge in [0.2, 0.25) is 0 Å². The van der Waals surface area contributed by atoms with Crippen LogP contribution in [0.1, 0.15) is 26.2 Å². The highest BCUT2D eigenvalue weighted by Crippen LogP contribution is 1.87. The van der Waals surface area contributed by atoms with Crippen molar-refractivity contribution in [3.63, 3.8) is 0 Å². The van der Waals surface area contributed by atoms with Crippen molar-refractivity contribution in [3.8, 4) is 0 Å². The molecule has 0 fully saturated rings. The Hall–Kier alpha value is -0.120. The highest BCUT2D eigenvalue weighted by atomic mass is 16.3. The van der Waals surface area contributed by atoms with E-state index in [1.807, 2.05) is 6.92 Å². The second-order valence-electron chi connectivity index (χ2n) is 2.88. The Morgan fingerprint density at radius 3 is 2.64 bits per heavy atom. The van der Waals surface area contributed by atoms with Crippen LogP contribution < -0.4 is 11.1 Å². The number of unbranched alkanes of at least 4 members (excludes halogenated alkanes) is 1. The zero-order valence-electron chi connectivity index (χ0n) is 7.34. The zero-order valence-corrected chi connectivity index (χ0v) is 7.34. The molecule has 0 bridgehead atoms. The van der Waals surface area contributed by atoms with Gasteiger partial charge in [0.25, 0.3) is 0 Å². The van der Waals surface area contributed by atoms with Crippen LogP contribution in [0.25, 0.3) is 0 Å². The first-order valence-electron chi connectivity index (χ1n) is 4.36. The molecule has 11 heavy (non-hydrogen) atoms. The summed E-state index contributed by atoms with van der Waals surface area (Å²) in [7, 11) is 0. The minimum absolute atomic E-state index is 0.183. The van der Waals surface area contributed by atoms with E-state index in [1.165, 1.54) is 0 Å². The van der Waals surface area contributed by atoms with Crippen LogP contribution >= 0.6 is 0 Å². The number of hydrogen-bond acceptors (Lipinski definition) is 3. The molecule has 68 valence electrons. The summed E-state index contributed by atoms with van der Waals surface area (Å²) < 4.78 is 0. The summed E-state index contributed by atoms with van der Waals surface area (Å²) in [4.78, 5) is 0. The second-order valence-corrected chi connectivity index (χ2v) is 2.88. The van der Waals surface area contributed by atoms with Crippen LogP contribution in [0.5, 0.6) is 0 Å². The van der Waals surface area contributed by atoms with Crippen molar-refractivity contribution >= 4 is 0 Å². The summed E-state index contributed by atoms with van der Waals surface area (Å²) >= 11 is 0. The third-order valence-electron chi connectivity index (χ3n) is 1.55. The Morgan fingerprint density at radius 2 is 2.09 bits per heavy atom. The van der Waals surface area contributed by atoms with Crippen LogP contribution in [0.3, 0.4) is 0 Å². The van der Waals surface area contributed by atoms with E-state index < -0.39 is 0 Å². The summed E-state index contributed by atoms with van der Waals surface area (Å²) in [6.07, 6.45) is 2.87. The number of rotatable bonds is 7. The van der Waals surface area contributed by atoms with Crippen molar-refractivity contribution < 1.29 is 5.11 Å². The Balaban J connectivity index is 2.80. The van der Waals surface area contributed by atoms with Crippen LogP contribution in [0.4, 0.5) is 0 Å². The molecule has 0 saturated heterocycles. The molecule has 3 nitrogen and oxygen atoms in total. The van der Waals surface area contributed by atoms with Crippen LogP contribution in [0, 0.1) is 0 Å². The standard InChI is InChI=1S/C8H20N2O/c1-8(11)4-7-10-6-3-2-5-9/h8,10-11H,2-7,9H2,1H3. The third-order valence-corrected chi connectivity index (χ3v) is 1.55. The first-order valence-corrected chi connectivity index (χ1v) is 4.36. The molecule has 0 radical (unpaired) electrons. The average molecular weight is 160 g/mol. The van der Waals surface area contributed by atoms with Gasteiger partial charge >= 0.3 is 0 Å². The fourth-order valence-electron chi connectivity index (χ4n) is 0.830. The van der Waals surface area contributed by atoms with Gasteiger partial charge in [-0.05, 0) is 45.8 Å². The van der Waals surface area contributed by atoms with E-state index in [1.54, 1.807) is 0 Å².